The molecule has 1 saturated heterocycles. The Balaban J connectivity index is 2.21. The van der Waals surface area contributed by atoms with Gasteiger partial charge in [-0.05, 0) is 77.4 Å². The molecule has 4 nitrogen and oxygen atoms in total. The van der Waals surface area contributed by atoms with Gasteiger partial charge in [0.15, 0.2) is 0 Å². The number of likely N-dealkylation sites (tertiary alicyclic amines) is 1. The van der Waals surface area contributed by atoms with Gasteiger partial charge < -0.3 is 14.4 Å². The number of rotatable bonds is 32. The molecule has 0 saturated carbocycles. The Bertz CT molecular complexity index is 662. The summed E-state index contributed by atoms with van der Waals surface area (Å²) in [7, 11) is 2.22. The fourth-order valence-electron chi connectivity index (χ4n) is 6.97. The number of nitrogens with zero attached hydrogens (tertiary/aromatic N) is 1. The summed E-state index contributed by atoms with van der Waals surface area (Å²) in [5.41, 5.74) is 0. The summed E-state index contributed by atoms with van der Waals surface area (Å²) in [6, 6.07) is 0. The van der Waals surface area contributed by atoms with E-state index in [4.69, 9.17) is 9.47 Å². The first-order valence-corrected chi connectivity index (χ1v) is 20.2. The Hall–Kier alpha value is -1.03. The largest absolute Gasteiger partial charge is 0.495 e. The number of hydrogen-bond acceptors (Lipinski definition) is 4. The number of carbonyl (C=O) groups excluding carboxylic acids is 1. The highest BCUT2D eigenvalue weighted by molar-refractivity contribution is 5.69. The van der Waals surface area contributed by atoms with E-state index in [0.29, 0.717) is 25.0 Å². The van der Waals surface area contributed by atoms with Crippen molar-refractivity contribution in [3.05, 3.63) is 12.3 Å². The van der Waals surface area contributed by atoms with Crippen LogP contribution in [0.25, 0.3) is 0 Å². The fourth-order valence-corrected chi connectivity index (χ4v) is 6.97. The number of unbranched alkanes of at least 4 members (excludes halogenated alkanes) is 16. The van der Waals surface area contributed by atoms with E-state index >= 15 is 0 Å². The Morgan fingerprint density at radius 3 is 1.62 bits per heavy atom. The molecule has 0 radical (unpaired) electrons. The lowest BCUT2D eigenvalue weighted by Gasteiger charge is -2.32. The van der Waals surface area contributed by atoms with Gasteiger partial charge in [0.1, 0.15) is 0 Å². The number of hydrogen-bond donors (Lipinski definition) is 0. The van der Waals surface area contributed by atoms with E-state index < -0.39 is 0 Å². The Labute approximate surface area is 282 Å². The van der Waals surface area contributed by atoms with Crippen LogP contribution >= 0.6 is 0 Å². The van der Waals surface area contributed by atoms with Crippen LogP contribution in [0.3, 0.4) is 0 Å². The van der Waals surface area contributed by atoms with Crippen molar-refractivity contribution < 1.29 is 14.3 Å². The molecule has 266 valence electrons. The van der Waals surface area contributed by atoms with Gasteiger partial charge in [0.25, 0.3) is 0 Å². The van der Waals surface area contributed by atoms with Gasteiger partial charge in [0.2, 0.25) is 0 Å². The molecule has 1 rings (SSSR count). The van der Waals surface area contributed by atoms with Crippen molar-refractivity contribution in [2.24, 2.45) is 11.8 Å². The van der Waals surface area contributed by atoms with E-state index in [9.17, 15) is 4.79 Å². The van der Waals surface area contributed by atoms with Crippen LogP contribution in [0.1, 0.15) is 201 Å². The lowest BCUT2D eigenvalue weighted by Crippen LogP contribution is -2.31. The molecule has 0 amide bonds. The number of esters is 1. The number of carbonyl (C=O) groups is 1. The van der Waals surface area contributed by atoms with E-state index in [1.807, 2.05) is 0 Å². The van der Waals surface area contributed by atoms with E-state index in [2.05, 4.69) is 39.3 Å². The van der Waals surface area contributed by atoms with Crippen molar-refractivity contribution >= 4 is 5.97 Å². The predicted octanol–water partition coefficient (Wildman–Crippen LogP) is 12.6. The summed E-state index contributed by atoms with van der Waals surface area (Å²) in [6.45, 7) is 14.2. The molecule has 1 atom stereocenters. The average Bonchev–Trinajstić information content (AvgIpc) is 3.03. The first-order valence-electron chi connectivity index (χ1n) is 20.2. The second-order valence-electron chi connectivity index (χ2n) is 14.6. The van der Waals surface area contributed by atoms with Crippen LogP contribution in [-0.4, -0.2) is 43.7 Å². The molecule has 0 aromatic rings. The molecule has 1 heterocycles. The molecule has 45 heavy (non-hydrogen) atoms. The molecule has 0 bridgehead atoms. The third-order valence-corrected chi connectivity index (χ3v) is 10.2. The fraction of sp³-hybridized carbons (Fsp3) is 0.927. The van der Waals surface area contributed by atoms with Gasteiger partial charge in [-0.15, -0.1) is 0 Å². The summed E-state index contributed by atoms with van der Waals surface area (Å²) >= 11 is 0. The summed E-state index contributed by atoms with van der Waals surface area (Å²) < 4.78 is 12.2. The number of piperidine rings is 1. The lowest BCUT2D eigenvalue weighted by molar-refractivity contribution is -0.144. The molecule has 1 fully saturated rings. The number of ether oxygens (including phenoxy) is 2. The van der Waals surface area contributed by atoms with E-state index in [1.165, 1.54) is 148 Å². The Morgan fingerprint density at radius 2 is 1.09 bits per heavy atom. The summed E-state index contributed by atoms with van der Waals surface area (Å²) in [4.78, 5) is 14.7. The molecule has 1 aliphatic heterocycles. The first-order chi connectivity index (χ1) is 22.0. The summed E-state index contributed by atoms with van der Waals surface area (Å²) in [5.74, 6) is 2.34. The Kier molecular flexibility index (Phi) is 28.3. The lowest BCUT2D eigenvalue weighted by atomic mass is 9.92. The van der Waals surface area contributed by atoms with Crippen molar-refractivity contribution in [2.75, 3.05) is 26.7 Å². The highest BCUT2D eigenvalue weighted by Crippen LogP contribution is 2.28. The zero-order valence-corrected chi connectivity index (χ0v) is 31.0. The van der Waals surface area contributed by atoms with Crippen LogP contribution < -0.4 is 0 Å². The molecule has 0 aliphatic carbocycles. The van der Waals surface area contributed by atoms with Crippen molar-refractivity contribution in [1.29, 1.82) is 0 Å². The Morgan fingerprint density at radius 1 is 0.644 bits per heavy atom. The van der Waals surface area contributed by atoms with Crippen LogP contribution in [0.5, 0.6) is 0 Å². The summed E-state index contributed by atoms with van der Waals surface area (Å²) in [5, 5.41) is 0. The molecule has 1 unspecified atom stereocenters. The minimum absolute atomic E-state index is 0.0154. The van der Waals surface area contributed by atoms with Crippen LogP contribution in [0, 0.1) is 11.8 Å². The van der Waals surface area contributed by atoms with Gasteiger partial charge in [-0.1, -0.05) is 149 Å². The standard InChI is InChI=1S/C41H79NO3/c1-6-9-12-13-14-15-18-23-28-40(45-37(4)39-31-34-42(5)35-32-39)29-24-19-16-17-20-25-30-41(43)44-36-33-38(26-21-10-7-2)27-22-11-8-3/h38-40H,4,6-36H2,1-3,5H3. The predicted molar refractivity (Wildman–Crippen MR) is 196 cm³/mol. The maximum Gasteiger partial charge on any atom is 0.305 e. The van der Waals surface area contributed by atoms with Crippen molar-refractivity contribution in [2.45, 2.75) is 207 Å². The third kappa shape index (κ3) is 24.8. The SMILES string of the molecule is C=C(OC(CCCCCCCCCC)CCCCCCCCC(=O)OCCC(CCCCC)CCCCC)C1CCN(C)CC1. The smallest absolute Gasteiger partial charge is 0.305 e. The number of allylic oxidation sites excluding steroid dienone is 1. The maximum absolute atomic E-state index is 12.3. The van der Waals surface area contributed by atoms with Gasteiger partial charge in [-0.3, -0.25) is 4.79 Å². The zero-order chi connectivity index (χ0) is 32.8. The first kappa shape index (κ1) is 42.0. The molecule has 0 aromatic carbocycles. The van der Waals surface area contributed by atoms with Crippen LogP contribution in [0.4, 0.5) is 0 Å². The maximum atomic E-state index is 12.3. The molecule has 0 spiro atoms. The second-order valence-corrected chi connectivity index (χ2v) is 14.6. The average molecular weight is 634 g/mol. The van der Waals surface area contributed by atoms with Crippen molar-refractivity contribution in [1.82, 2.24) is 4.90 Å². The minimum atomic E-state index is 0.0154. The van der Waals surface area contributed by atoms with E-state index in [0.717, 1.165) is 50.4 Å². The van der Waals surface area contributed by atoms with Crippen molar-refractivity contribution in [3.8, 4) is 0 Å². The molecular weight excluding hydrogens is 554 g/mol. The summed E-state index contributed by atoms with van der Waals surface area (Å²) in [6.07, 6.45) is 35.1. The van der Waals surface area contributed by atoms with Gasteiger partial charge in [-0.25, -0.2) is 0 Å². The van der Waals surface area contributed by atoms with Gasteiger partial charge >= 0.3 is 5.97 Å². The van der Waals surface area contributed by atoms with E-state index in [1.54, 1.807) is 0 Å². The van der Waals surface area contributed by atoms with E-state index in [-0.39, 0.29) is 5.97 Å². The molecule has 1 aliphatic rings. The molecule has 4 heteroatoms. The zero-order valence-electron chi connectivity index (χ0n) is 31.0. The molecular formula is C41H79NO3. The normalized spacial score (nSPS) is 15.0. The second kappa shape index (κ2) is 30.3. The van der Waals surface area contributed by atoms with Gasteiger partial charge in [0, 0.05) is 12.3 Å². The van der Waals surface area contributed by atoms with Crippen LogP contribution in [0.15, 0.2) is 12.3 Å². The topological polar surface area (TPSA) is 38.8 Å². The van der Waals surface area contributed by atoms with Gasteiger partial charge in [0.05, 0.1) is 18.5 Å². The monoisotopic (exact) mass is 634 g/mol. The van der Waals surface area contributed by atoms with Crippen LogP contribution in [0.2, 0.25) is 0 Å². The molecule has 0 aromatic heterocycles. The molecule has 0 N–H and O–H groups in total. The highest BCUT2D eigenvalue weighted by atomic mass is 16.5. The van der Waals surface area contributed by atoms with Crippen LogP contribution in [-0.2, 0) is 14.3 Å². The van der Waals surface area contributed by atoms with Crippen molar-refractivity contribution in [3.63, 3.8) is 0 Å². The minimum Gasteiger partial charge on any atom is -0.495 e. The van der Waals surface area contributed by atoms with Gasteiger partial charge in [-0.2, -0.15) is 0 Å². The quantitative estimate of drug-likeness (QED) is 0.0420. The third-order valence-electron chi connectivity index (χ3n) is 10.2. The highest BCUT2D eigenvalue weighted by Gasteiger charge is 2.22.